The number of aliphatic hydroxyl groups excluding tert-OH is 1. The molecule has 0 bridgehead atoms. The summed E-state index contributed by atoms with van der Waals surface area (Å²) in [4.78, 5) is 0. The third kappa shape index (κ3) is 2.50. The van der Waals surface area contributed by atoms with E-state index in [1.807, 2.05) is 6.07 Å². The number of allylic oxidation sites excluding steroid dienone is 1. The number of phenols is 1. The molecule has 0 spiro atoms. The van der Waals surface area contributed by atoms with Crippen LogP contribution in [-0.2, 0) is 18.3 Å². The SMILES string of the molecule is Cc1c(O)ccc2c1CCC1=C3C[C@@H](O)C[C@@]3(C)CC[C@]12Cc1ccccc1. The van der Waals surface area contributed by atoms with E-state index in [0.717, 1.165) is 50.5 Å². The van der Waals surface area contributed by atoms with Crippen LogP contribution in [0.15, 0.2) is 53.6 Å². The van der Waals surface area contributed by atoms with Crippen molar-refractivity contribution in [1.29, 1.82) is 0 Å². The van der Waals surface area contributed by atoms with Crippen LogP contribution in [0.25, 0.3) is 0 Å². The van der Waals surface area contributed by atoms with Crippen molar-refractivity contribution in [2.24, 2.45) is 5.41 Å². The van der Waals surface area contributed by atoms with Crippen molar-refractivity contribution in [1.82, 2.24) is 0 Å². The third-order valence-corrected chi connectivity index (χ3v) is 7.96. The highest BCUT2D eigenvalue weighted by atomic mass is 16.3. The van der Waals surface area contributed by atoms with Gasteiger partial charge in [0.15, 0.2) is 0 Å². The summed E-state index contributed by atoms with van der Waals surface area (Å²) in [7, 11) is 0. The highest BCUT2D eigenvalue weighted by molar-refractivity contribution is 5.56. The van der Waals surface area contributed by atoms with Crippen LogP contribution in [0.1, 0.15) is 61.3 Å². The van der Waals surface area contributed by atoms with Gasteiger partial charge in [-0.05, 0) is 85.6 Å². The maximum atomic E-state index is 10.5. The van der Waals surface area contributed by atoms with Gasteiger partial charge in [0.25, 0.3) is 0 Å². The quantitative estimate of drug-likeness (QED) is 0.693. The molecule has 3 aliphatic carbocycles. The van der Waals surface area contributed by atoms with Crippen LogP contribution < -0.4 is 0 Å². The molecule has 0 saturated heterocycles. The van der Waals surface area contributed by atoms with Crippen molar-refractivity contribution < 1.29 is 10.2 Å². The van der Waals surface area contributed by atoms with E-state index < -0.39 is 0 Å². The monoisotopic (exact) mass is 374 g/mol. The molecule has 0 radical (unpaired) electrons. The van der Waals surface area contributed by atoms with Gasteiger partial charge in [0.05, 0.1) is 6.10 Å². The summed E-state index contributed by atoms with van der Waals surface area (Å²) in [6.45, 7) is 4.43. The molecule has 2 aromatic carbocycles. The molecule has 0 heterocycles. The smallest absolute Gasteiger partial charge is 0.118 e. The molecule has 0 amide bonds. The van der Waals surface area contributed by atoms with Crippen molar-refractivity contribution >= 4 is 0 Å². The molecular formula is C26H30O2. The van der Waals surface area contributed by atoms with Gasteiger partial charge in [0, 0.05) is 5.41 Å². The number of phenolic OH excluding ortho intramolecular Hbond substituents is 1. The van der Waals surface area contributed by atoms with E-state index in [9.17, 15) is 10.2 Å². The normalized spacial score (nSPS) is 31.3. The van der Waals surface area contributed by atoms with Crippen LogP contribution in [0.4, 0.5) is 0 Å². The zero-order valence-electron chi connectivity index (χ0n) is 17.0. The van der Waals surface area contributed by atoms with Gasteiger partial charge in [0.2, 0.25) is 0 Å². The topological polar surface area (TPSA) is 40.5 Å². The molecule has 2 heteroatoms. The molecule has 3 atom stereocenters. The first-order valence-electron chi connectivity index (χ1n) is 10.7. The van der Waals surface area contributed by atoms with Crippen LogP contribution in [0.2, 0.25) is 0 Å². The fourth-order valence-electron chi connectivity index (χ4n) is 6.55. The Morgan fingerprint density at radius 3 is 2.57 bits per heavy atom. The molecule has 1 saturated carbocycles. The van der Waals surface area contributed by atoms with Crippen LogP contribution in [0.3, 0.4) is 0 Å². The second kappa shape index (κ2) is 6.22. The standard InChI is InChI=1S/C26H30O2/c1-17-20-8-9-22-23-14-19(27)16-25(23,2)12-13-26(22,21(20)10-11-24(17)28)15-18-6-4-3-5-7-18/h3-7,10-11,19,27-28H,8-9,12-16H2,1-2H3/t19-,25-,26-/m1/s1. The number of rotatable bonds is 2. The highest BCUT2D eigenvalue weighted by Crippen LogP contribution is 2.61. The first-order valence-corrected chi connectivity index (χ1v) is 10.7. The maximum absolute atomic E-state index is 10.5. The van der Waals surface area contributed by atoms with E-state index in [-0.39, 0.29) is 16.9 Å². The molecule has 28 heavy (non-hydrogen) atoms. The molecule has 2 nitrogen and oxygen atoms in total. The number of fused-ring (bicyclic) bond motifs is 4. The van der Waals surface area contributed by atoms with E-state index in [0.29, 0.717) is 5.75 Å². The van der Waals surface area contributed by atoms with Crippen LogP contribution in [0, 0.1) is 12.3 Å². The van der Waals surface area contributed by atoms with Crippen LogP contribution in [0.5, 0.6) is 5.75 Å². The van der Waals surface area contributed by atoms with Gasteiger partial charge in [-0.25, -0.2) is 0 Å². The average molecular weight is 375 g/mol. The van der Waals surface area contributed by atoms with Crippen LogP contribution in [-0.4, -0.2) is 16.3 Å². The lowest BCUT2D eigenvalue weighted by molar-refractivity contribution is 0.156. The Morgan fingerprint density at radius 1 is 1.00 bits per heavy atom. The Bertz CT molecular complexity index is 958. The van der Waals surface area contributed by atoms with Gasteiger partial charge in [-0.2, -0.15) is 0 Å². The molecule has 1 fully saturated rings. The Balaban J connectivity index is 1.75. The average Bonchev–Trinajstić information content (AvgIpc) is 2.99. The van der Waals surface area contributed by atoms with Gasteiger partial charge >= 0.3 is 0 Å². The molecule has 3 aliphatic rings. The summed E-state index contributed by atoms with van der Waals surface area (Å²) in [6, 6.07) is 14.9. The number of benzene rings is 2. The number of aromatic hydroxyl groups is 1. The Labute approximate surface area is 167 Å². The van der Waals surface area contributed by atoms with E-state index in [4.69, 9.17) is 0 Å². The summed E-state index contributed by atoms with van der Waals surface area (Å²) in [5, 5.41) is 20.8. The zero-order chi connectivity index (χ0) is 19.5. The van der Waals surface area contributed by atoms with Crippen molar-refractivity contribution in [3.8, 4) is 5.75 Å². The summed E-state index contributed by atoms with van der Waals surface area (Å²) in [5.74, 6) is 0.418. The lowest BCUT2D eigenvalue weighted by atomic mass is 9.53. The lowest BCUT2D eigenvalue weighted by Gasteiger charge is -2.50. The fourth-order valence-corrected chi connectivity index (χ4v) is 6.55. The fraction of sp³-hybridized carbons (Fsp3) is 0.462. The van der Waals surface area contributed by atoms with Gasteiger partial charge < -0.3 is 10.2 Å². The maximum Gasteiger partial charge on any atom is 0.118 e. The Kier molecular flexibility index (Phi) is 4.00. The van der Waals surface area contributed by atoms with Crippen LogP contribution >= 0.6 is 0 Å². The first-order chi connectivity index (χ1) is 13.4. The van der Waals surface area contributed by atoms with Crippen molar-refractivity contribution in [3.63, 3.8) is 0 Å². The molecule has 0 unspecified atom stereocenters. The molecule has 2 aromatic rings. The molecule has 5 rings (SSSR count). The second-order valence-electron chi connectivity index (χ2n) is 9.56. The molecule has 2 N–H and O–H groups in total. The van der Waals surface area contributed by atoms with E-state index in [1.54, 1.807) is 11.1 Å². The molecule has 0 aromatic heterocycles. The number of hydrogen-bond acceptors (Lipinski definition) is 2. The summed E-state index contributed by atoms with van der Waals surface area (Å²) in [6.07, 6.45) is 6.89. The molecule has 0 aliphatic heterocycles. The third-order valence-electron chi connectivity index (χ3n) is 7.96. The number of aliphatic hydroxyl groups is 1. The number of hydrogen-bond donors (Lipinski definition) is 2. The minimum atomic E-state index is -0.192. The summed E-state index contributed by atoms with van der Waals surface area (Å²) >= 11 is 0. The first kappa shape index (κ1) is 18.0. The van der Waals surface area contributed by atoms with Gasteiger partial charge in [-0.3, -0.25) is 0 Å². The second-order valence-corrected chi connectivity index (χ2v) is 9.56. The Morgan fingerprint density at radius 2 is 1.79 bits per heavy atom. The predicted molar refractivity (Wildman–Crippen MR) is 113 cm³/mol. The van der Waals surface area contributed by atoms with Gasteiger partial charge in [-0.15, -0.1) is 0 Å². The van der Waals surface area contributed by atoms with Gasteiger partial charge in [0.1, 0.15) is 5.75 Å². The van der Waals surface area contributed by atoms with Crippen molar-refractivity contribution in [2.45, 2.75) is 70.3 Å². The summed E-state index contributed by atoms with van der Waals surface area (Å²) < 4.78 is 0. The van der Waals surface area contributed by atoms with Gasteiger partial charge in [-0.1, -0.05) is 54.5 Å². The largest absolute Gasteiger partial charge is 0.508 e. The lowest BCUT2D eigenvalue weighted by Crippen LogP contribution is -2.42. The highest BCUT2D eigenvalue weighted by Gasteiger charge is 2.52. The predicted octanol–water partition coefficient (Wildman–Crippen LogP) is 5.38. The molecular weight excluding hydrogens is 344 g/mol. The van der Waals surface area contributed by atoms with Crippen molar-refractivity contribution in [2.75, 3.05) is 0 Å². The van der Waals surface area contributed by atoms with E-state index >= 15 is 0 Å². The van der Waals surface area contributed by atoms with Crippen molar-refractivity contribution in [3.05, 3.63) is 75.9 Å². The molecule has 146 valence electrons. The minimum absolute atomic E-state index is 0.00625. The minimum Gasteiger partial charge on any atom is -0.508 e. The summed E-state index contributed by atoms with van der Waals surface area (Å²) in [5.41, 5.74) is 8.50. The van der Waals surface area contributed by atoms with E-state index in [2.05, 4.69) is 50.2 Å². The Hall–Kier alpha value is -2.06. The van der Waals surface area contributed by atoms with E-state index in [1.165, 1.54) is 16.7 Å². The zero-order valence-corrected chi connectivity index (χ0v) is 17.0.